The zero-order valence-electron chi connectivity index (χ0n) is 14.3. The molecule has 25 heavy (non-hydrogen) atoms. The van der Waals surface area contributed by atoms with Gasteiger partial charge in [0.25, 0.3) is 15.9 Å². The van der Waals surface area contributed by atoms with Gasteiger partial charge in [-0.2, -0.15) is 0 Å². The van der Waals surface area contributed by atoms with Gasteiger partial charge in [0.15, 0.2) is 5.03 Å². The van der Waals surface area contributed by atoms with E-state index in [2.05, 4.69) is 20.0 Å². The SMILES string of the molecule is Cc1ccc(C(=O)NCCNS(=O)(=O)c2cnc(C(C)C)[nH]2)cc1F. The van der Waals surface area contributed by atoms with Crippen molar-refractivity contribution in [1.29, 1.82) is 0 Å². The summed E-state index contributed by atoms with van der Waals surface area (Å²) in [7, 11) is -3.73. The van der Waals surface area contributed by atoms with Crippen LogP contribution in [0, 0.1) is 12.7 Å². The summed E-state index contributed by atoms with van der Waals surface area (Å²) in [5.41, 5.74) is 0.630. The Morgan fingerprint density at radius 3 is 2.64 bits per heavy atom. The molecule has 0 saturated heterocycles. The smallest absolute Gasteiger partial charge is 0.257 e. The molecule has 1 amide bonds. The third kappa shape index (κ3) is 4.86. The molecule has 0 radical (unpaired) electrons. The third-order valence-corrected chi connectivity index (χ3v) is 4.92. The van der Waals surface area contributed by atoms with Gasteiger partial charge in [0.1, 0.15) is 11.6 Å². The minimum Gasteiger partial charge on any atom is -0.351 e. The van der Waals surface area contributed by atoms with Crippen molar-refractivity contribution >= 4 is 15.9 Å². The number of rotatable bonds is 7. The van der Waals surface area contributed by atoms with Crippen LogP contribution in [0.25, 0.3) is 0 Å². The molecule has 0 unspecified atom stereocenters. The predicted octanol–water partition coefficient (Wildman–Crippen LogP) is 1.69. The van der Waals surface area contributed by atoms with Crippen molar-refractivity contribution in [3.63, 3.8) is 0 Å². The lowest BCUT2D eigenvalue weighted by Crippen LogP contribution is -2.34. The van der Waals surface area contributed by atoms with Crippen molar-refractivity contribution in [3.8, 4) is 0 Å². The fourth-order valence-electron chi connectivity index (χ4n) is 2.02. The Morgan fingerprint density at radius 2 is 2.04 bits per heavy atom. The van der Waals surface area contributed by atoms with Gasteiger partial charge in [-0.15, -0.1) is 0 Å². The van der Waals surface area contributed by atoms with Gasteiger partial charge < -0.3 is 10.3 Å². The van der Waals surface area contributed by atoms with Crippen molar-refractivity contribution < 1.29 is 17.6 Å². The van der Waals surface area contributed by atoms with Crippen molar-refractivity contribution in [1.82, 2.24) is 20.0 Å². The Morgan fingerprint density at radius 1 is 1.32 bits per heavy atom. The van der Waals surface area contributed by atoms with Gasteiger partial charge >= 0.3 is 0 Å². The van der Waals surface area contributed by atoms with E-state index < -0.39 is 21.7 Å². The topological polar surface area (TPSA) is 104 Å². The van der Waals surface area contributed by atoms with E-state index in [9.17, 15) is 17.6 Å². The number of hydrogen-bond acceptors (Lipinski definition) is 4. The fraction of sp³-hybridized carbons (Fsp3) is 0.375. The number of nitrogens with zero attached hydrogens (tertiary/aromatic N) is 1. The van der Waals surface area contributed by atoms with E-state index in [4.69, 9.17) is 0 Å². The number of halogens is 1. The molecular formula is C16H21FN4O3S. The van der Waals surface area contributed by atoms with Crippen LogP contribution in [0.3, 0.4) is 0 Å². The van der Waals surface area contributed by atoms with E-state index >= 15 is 0 Å². The van der Waals surface area contributed by atoms with E-state index in [0.29, 0.717) is 11.4 Å². The Labute approximate surface area is 146 Å². The van der Waals surface area contributed by atoms with Gasteiger partial charge in [0, 0.05) is 24.6 Å². The van der Waals surface area contributed by atoms with E-state index in [1.54, 1.807) is 6.92 Å². The number of benzene rings is 1. The molecule has 2 aromatic rings. The van der Waals surface area contributed by atoms with Gasteiger partial charge in [0.2, 0.25) is 0 Å². The number of sulfonamides is 1. The summed E-state index contributed by atoms with van der Waals surface area (Å²) in [5.74, 6) is -0.275. The van der Waals surface area contributed by atoms with Crippen LogP contribution in [0.15, 0.2) is 29.4 Å². The molecule has 0 saturated carbocycles. The average Bonchev–Trinajstić information content (AvgIpc) is 3.05. The standard InChI is InChI=1S/C16H21FN4O3S/c1-10(2)15-19-9-14(21-15)25(23,24)20-7-6-18-16(22)12-5-4-11(3)13(17)8-12/h4-5,8-10,20H,6-7H2,1-3H3,(H,18,22)(H,19,21). The van der Waals surface area contributed by atoms with E-state index in [1.807, 2.05) is 13.8 Å². The zero-order chi connectivity index (χ0) is 18.6. The molecule has 1 aromatic heterocycles. The largest absolute Gasteiger partial charge is 0.351 e. The molecule has 0 bridgehead atoms. The summed E-state index contributed by atoms with van der Waals surface area (Å²) in [4.78, 5) is 18.7. The molecule has 0 aliphatic heterocycles. The number of aryl methyl sites for hydroxylation is 1. The molecule has 9 heteroatoms. The quantitative estimate of drug-likeness (QED) is 0.647. The number of nitrogens with one attached hydrogen (secondary N) is 3. The van der Waals surface area contributed by atoms with E-state index in [-0.39, 0.29) is 29.6 Å². The van der Waals surface area contributed by atoms with Gasteiger partial charge in [0.05, 0.1) is 6.20 Å². The van der Waals surface area contributed by atoms with Gasteiger partial charge in [-0.05, 0) is 24.6 Å². The van der Waals surface area contributed by atoms with Crippen molar-refractivity contribution in [3.05, 3.63) is 47.2 Å². The highest BCUT2D eigenvalue weighted by molar-refractivity contribution is 7.89. The second-order valence-electron chi connectivity index (χ2n) is 5.91. The van der Waals surface area contributed by atoms with Crippen molar-refractivity contribution in [2.24, 2.45) is 0 Å². The van der Waals surface area contributed by atoms with Crippen LogP contribution in [0.4, 0.5) is 4.39 Å². The van der Waals surface area contributed by atoms with Crippen LogP contribution in [0.5, 0.6) is 0 Å². The van der Waals surface area contributed by atoms with Gasteiger partial charge in [-0.25, -0.2) is 22.5 Å². The third-order valence-electron chi connectivity index (χ3n) is 3.55. The molecule has 0 atom stereocenters. The molecule has 3 N–H and O–H groups in total. The minimum atomic E-state index is -3.73. The van der Waals surface area contributed by atoms with Crippen LogP contribution in [0.2, 0.25) is 0 Å². The van der Waals surface area contributed by atoms with Crippen LogP contribution in [-0.2, 0) is 10.0 Å². The van der Waals surface area contributed by atoms with E-state index in [1.165, 1.54) is 18.3 Å². The number of aromatic amines is 1. The highest BCUT2D eigenvalue weighted by Gasteiger charge is 2.17. The number of amides is 1. The van der Waals surface area contributed by atoms with Crippen LogP contribution >= 0.6 is 0 Å². The summed E-state index contributed by atoms with van der Waals surface area (Å²) in [6.07, 6.45) is 1.26. The summed E-state index contributed by atoms with van der Waals surface area (Å²) in [6.45, 7) is 5.46. The molecule has 0 aliphatic rings. The van der Waals surface area contributed by atoms with Crippen LogP contribution in [0.1, 0.15) is 41.5 Å². The average molecular weight is 368 g/mol. The lowest BCUT2D eigenvalue weighted by Gasteiger charge is -2.07. The molecule has 1 aromatic carbocycles. The normalized spacial score (nSPS) is 11.7. The van der Waals surface area contributed by atoms with Crippen molar-refractivity contribution in [2.75, 3.05) is 13.1 Å². The number of hydrogen-bond donors (Lipinski definition) is 3. The Hall–Kier alpha value is -2.26. The second kappa shape index (κ2) is 7.75. The fourth-order valence-corrected chi connectivity index (χ4v) is 2.98. The number of carbonyl (C=O) groups is 1. The lowest BCUT2D eigenvalue weighted by atomic mass is 10.1. The zero-order valence-corrected chi connectivity index (χ0v) is 15.1. The first-order chi connectivity index (χ1) is 11.7. The predicted molar refractivity (Wildman–Crippen MR) is 91.3 cm³/mol. The molecular weight excluding hydrogens is 347 g/mol. The number of carbonyl (C=O) groups excluding carboxylic acids is 1. The molecule has 0 aliphatic carbocycles. The Balaban J connectivity index is 1.87. The van der Waals surface area contributed by atoms with Crippen LogP contribution in [-0.4, -0.2) is 37.4 Å². The highest BCUT2D eigenvalue weighted by Crippen LogP contribution is 2.12. The molecule has 0 fully saturated rings. The van der Waals surface area contributed by atoms with Gasteiger partial charge in [-0.1, -0.05) is 19.9 Å². The second-order valence-corrected chi connectivity index (χ2v) is 7.64. The molecule has 7 nitrogen and oxygen atoms in total. The molecule has 1 heterocycles. The molecule has 0 spiro atoms. The number of aromatic nitrogens is 2. The van der Waals surface area contributed by atoms with E-state index in [0.717, 1.165) is 6.07 Å². The first kappa shape index (κ1) is 19.1. The maximum absolute atomic E-state index is 13.4. The number of H-pyrrole nitrogens is 1. The first-order valence-electron chi connectivity index (χ1n) is 7.79. The highest BCUT2D eigenvalue weighted by atomic mass is 32.2. The monoisotopic (exact) mass is 368 g/mol. The van der Waals surface area contributed by atoms with Crippen molar-refractivity contribution in [2.45, 2.75) is 31.7 Å². The summed E-state index contributed by atoms with van der Waals surface area (Å²) in [6, 6.07) is 4.17. The Kier molecular flexibility index (Phi) is 5.91. The maximum Gasteiger partial charge on any atom is 0.257 e. The minimum absolute atomic E-state index is 0.00154. The first-order valence-corrected chi connectivity index (χ1v) is 9.28. The maximum atomic E-state index is 13.4. The van der Waals surface area contributed by atoms with Gasteiger partial charge in [-0.3, -0.25) is 4.79 Å². The molecule has 136 valence electrons. The Bertz CT molecular complexity index is 862. The number of imidazole rings is 1. The summed E-state index contributed by atoms with van der Waals surface area (Å²) < 4.78 is 40.1. The van der Waals surface area contributed by atoms with Crippen LogP contribution < -0.4 is 10.0 Å². The molecule has 2 rings (SSSR count). The lowest BCUT2D eigenvalue weighted by molar-refractivity contribution is 0.0954. The summed E-state index contributed by atoms with van der Waals surface area (Å²) in [5, 5.41) is 2.51. The summed E-state index contributed by atoms with van der Waals surface area (Å²) >= 11 is 0.